The van der Waals surface area contributed by atoms with Crippen LogP contribution in [-0.2, 0) is 0 Å². The molecule has 0 fully saturated rings. The van der Waals surface area contributed by atoms with Gasteiger partial charge in [-0.2, -0.15) is 0 Å². The van der Waals surface area contributed by atoms with Gasteiger partial charge in [0.05, 0.1) is 14.2 Å². The number of benzene rings is 2. The average molecular weight is 299 g/mol. The third-order valence-corrected chi connectivity index (χ3v) is 3.28. The number of aromatic nitrogens is 1. The first-order valence-corrected chi connectivity index (χ1v) is 6.49. The number of fused-ring (bicyclic) bond motifs is 1. The molecular weight excluding hydrogens is 286 g/mol. The van der Waals surface area contributed by atoms with Gasteiger partial charge in [0.2, 0.25) is 5.89 Å². The van der Waals surface area contributed by atoms with Crippen LogP contribution in [0.3, 0.4) is 0 Å². The molecular formula is C16H13NO5. The molecule has 0 spiro atoms. The quantitative estimate of drug-likeness (QED) is 0.796. The van der Waals surface area contributed by atoms with Crippen molar-refractivity contribution < 1.29 is 23.8 Å². The van der Waals surface area contributed by atoms with E-state index >= 15 is 0 Å². The van der Waals surface area contributed by atoms with Crippen LogP contribution in [0, 0.1) is 0 Å². The zero-order chi connectivity index (χ0) is 15.7. The Kier molecular flexibility index (Phi) is 3.42. The van der Waals surface area contributed by atoms with Gasteiger partial charge in [0.15, 0.2) is 17.1 Å². The molecule has 3 rings (SSSR count). The van der Waals surface area contributed by atoms with E-state index in [1.165, 1.54) is 13.2 Å². The van der Waals surface area contributed by atoms with Crippen molar-refractivity contribution in [2.75, 3.05) is 14.2 Å². The van der Waals surface area contributed by atoms with Crippen LogP contribution >= 0.6 is 0 Å². The molecule has 1 heterocycles. The number of rotatable bonds is 4. The molecule has 0 unspecified atom stereocenters. The molecule has 0 aliphatic carbocycles. The predicted molar refractivity (Wildman–Crippen MR) is 79.5 cm³/mol. The molecule has 1 N–H and O–H groups in total. The molecule has 22 heavy (non-hydrogen) atoms. The number of carbonyl (C=O) groups is 1. The Hall–Kier alpha value is -3.02. The van der Waals surface area contributed by atoms with E-state index < -0.39 is 5.97 Å². The third-order valence-electron chi connectivity index (χ3n) is 3.28. The van der Waals surface area contributed by atoms with Crippen molar-refractivity contribution in [1.82, 2.24) is 4.98 Å². The van der Waals surface area contributed by atoms with E-state index in [9.17, 15) is 9.90 Å². The van der Waals surface area contributed by atoms with E-state index in [1.54, 1.807) is 37.4 Å². The molecule has 3 aromatic rings. The molecule has 0 atom stereocenters. The molecule has 0 radical (unpaired) electrons. The van der Waals surface area contributed by atoms with Crippen molar-refractivity contribution in [3.63, 3.8) is 0 Å². The number of ether oxygens (including phenoxy) is 2. The summed E-state index contributed by atoms with van der Waals surface area (Å²) in [5, 5.41) is 9.19. The number of hydrogen-bond acceptors (Lipinski definition) is 5. The number of hydrogen-bond donors (Lipinski definition) is 1. The van der Waals surface area contributed by atoms with Crippen molar-refractivity contribution in [2.24, 2.45) is 0 Å². The third kappa shape index (κ3) is 2.24. The van der Waals surface area contributed by atoms with Gasteiger partial charge in [-0.15, -0.1) is 0 Å². The summed E-state index contributed by atoms with van der Waals surface area (Å²) >= 11 is 0. The Bertz CT molecular complexity index is 853. The first-order valence-electron chi connectivity index (χ1n) is 6.49. The molecule has 6 heteroatoms. The zero-order valence-electron chi connectivity index (χ0n) is 12.0. The zero-order valence-corrected chi connectivity index (χ0v) is 12.0. The van der Waals surface area contributed by atoms with Gasteiger partial charge in [0.25, 0.3) is 0 Å². The molecule has 0 saturated carbocycles. The smallest absolute Gasteiger partial charge is 0.339 e. The van der Waals surface area contributed by atoms with Crippen LogP contribution in [0.2, 0.25) is 0 Å². The lowest BCUT2D eigenvalue weighted by atomic mass is 10.2. The minimum Gasteiger partial charge on any atom is -0.493 e. The monoisotopic (exact) mass is 299 g/mol. The van der Waals surface area contributed by atoms with Gasteiger partial charge in [-0.3, -0.25) is 0 Å². The minimum atomic E-state index is -1.05. The van der Waals surface area contributed by atoms with Crippen LogP contribution in [0.15, 0.2) is 40.8 Å². The number of nitrogens with zero attached hydrogens (tertiary/aromatic N) is 1. The molecule has 0 aliphatic rings. The Balaban J connectivity index is 2.15. The molecule has 2 aromatic carbocycles. The van der Waals surface area contributed by atoms with Gasteiger partial charge in [0.1, 0.15) is 11.1 Å². The van der Waals surface area contributed by atoms with E-state index in [0.29, 0.717) is 28.5 Å². The highest BCUT2D eigenvalue weighted by atomic mass is 16.5. The molecule has 0 aliphatic heterocycles. The van der Waals surface area contributed by atoms with Crippen LogP contribution in [-0.4, -0.2) is 30.3 Å². The number of methoxy groups -OCH3 is 2. The summed E-state index contributed by atoms with van der Waals surface area (Å²) in [4.78, 5) is 15.6. The Morgan fingerprint density at radius 2 is 1.91 bits per heavy atom. The Labute approximate surface area is 125 Å². The minimum absolute atomic E-state index is 0.0803. The van der Waals surface area contributed by atoms with E-state index in [2.05, 4.69) is 4.98 Å². The number of oxazole rings is 1. The highest BCUT2D eigenvalue weighted by Crippen LogP contribution is 2.33. The second-order valence-electron chi connectivity index (χ2n) is 4.55. The largest absolute Gasteiger partial charge is 0.493 e. The maximum Gasteiger partial charge on any atom is 0.339 e. The second-order valence-corrected chi connectivity index (χ2v) is 4.55. The maximum absolute atomic E-state index is 11.2. The van der Waals surface area contributed by atoms with Crippen molar-refractivity contribution in [3.8, 4) is 23.0 Å². The summed E-state index contributed by atoms with van der Waals surface area (Å²) in [5.74, 6) is 0.402. The Morgan fingerprint density at radius 1 is 1.14 bits per heavy atom. The average Bonchev–Trinajstić information content (AvgIpc) is 2.97. The number of carboxylic acid groups (broad SMARTS) is 1. The first kappa shape index (κ1) is 13.9. The van der Waals surface area contributed by atoms with Crippen LogP contribution in [0.1, 0.15) is 10.4 Å². The summed E-state index contributed by atoms with van der Waals surface area (Å²) in [7, 11) is 3.09. The van der Waals surface area contributed by atoms with E-state index in [-0.39, 0.29) is 11.1 Å². The van der Waals surface area contributed by atoms with Gasteiger partial charge < -0.3 is 19.0 Å². The summed E-state index contributed by atoms with van der Waals surface area (Å²) in [5.41, 5.74) is 1.49. The lowest BCUT2D eigenvalue weighted by Gasteiger charge is -2.07. The molecule has 6 nitrogen and oxygen atoms in total. The van der Waals surface area contributed by atoms with Crippen LogP contribution in [0.4, 0.5) is 0 Å². The summed E-state index contributed by atoms with van der Waals surface area (Å²) in [6.07, 6.45) is 0. The predicted octanol–water partition coefficient (Wildman–Crippen LogP) is 3.21. The van der Waals surface area contributed by atoms with Crippen molar-refractivity contribution >= 4 is 17.1 Å². The van der Waals surface area contributed by atoms with Crippen LogP contribution in [0.25, 0.3) is 22.6 Å². The number of carboxylic acids is 1. The molecule has 0 bridgehead atoms. The number of aromatic carboxylic acids is 1. The summed E-state index contributed by atoms with van der Waals surface area (Å²) in [6.45, 7) is 0. The second kappa shape index (κ2) is 5.40. The van der Waals surface area contributed by atoms with E-state index in [4.69, 9.17) is 13.9 Å². The highest BCUT2D eigenvalue weighted by Gasteiger charge is 2.16. The lowest BCUT2D eigenvalue weighted by Crippen LogP contribution is -1.95. The Morgan fingerprint density at radius 3 is 2.59 bits per heavy atom. The molecule has 1 aromatic heterocycles. The summed E-state index contributed by atoms with van der Waals surface area (Å²) < 4.78 is 16.1. The van der Waals surface area contributed by atoms with Gasteiger partial charge in [-0.05, 0) is 30.3 Å². The van der Waals surface area contributed by atoms with Gasteiger partial charge in [-0.1, -0.05) is 6.07 Å². The van der Waals surface area contributed by atoms with Crippen molar-refractivity contribution in [3.05, 3.63) is 42.0 Å². The van der Waals surface area contributed by atoms with Gasteiger partial charge >= 0.3 is 5.97 Å². The van der Waals surface area contributed by atoms with Crippen LogP contribution < -0.4 is 9.47 Å². The number of para-hydroxylation sites is 1. The van der Waals surface area contributed by atoms with Crippen molar-refractivity contribution in [1.29, 1.82) is 0 Å². The molecule has 0 saturated heterocycles. The molecule has 112 valence electrons. The van der Waals surface area contributed by atoms with Gasteiger partial charge in [-0.25, -0.2) is 9.78 Å². The highest BCUT2D eigenvalue weighted by molar-refractivity contribution is 6.00. The van der Waals surface area contributed by atoms with E-state index in [0.717, 1.165) is 0 Å². The maximum atomic E-state index is 11.2. The fraction of sp³-hybridized carbons (Fsp3) is 0.125. The van der Waals surface area contributed by atoms with E-state index in [1.807, 2.05) is 0 Å². The SMILES string of the molecule is COc1ccc(-c2nc3cccc(C(=O)O)c3o2)cc1OC. The van der Waals surface area contributed by atoms with Gasteiger partial charge in [0, 0.05) is 5.56 Å². The topological polar surface area (TPSA) is 81.8 Å². The summed E-state index contributed by atoms with van der Waals surface area (Å²) in [6, 6.07) is 10.0. The fourth-order valence-electron chi connectivity index (χ4n) is 2.21. The molecule has 0 amide bonds. The first-order chi connectivity index (χ1) is 10.6. The van der Waals surface area contributed by atoms with Crippen molar-refractivity contribution in [2.45, 2.75) is 0 Å². The standard InChI is InChI=1S/C16H13NO5/c1-20-12-7-6-9(8-13(12)21-2)15-17-11-5-3-4-10(16(18)19)14(11)22-15/h3-8H,1-2H3,(H,18,19). The normalized spacial score (nSPS) is 10.6. The lowest BCUT2D eigenvalue weighted by molar-refractivity contribution is 0.0698. The van der Waals surface area contributed by atoms with Crippen LogP contribution in [0.5, 0.6) is 11.5 Å². The fourth-order valence-corrected chi connectivity index (χ4v) is 2.21.